The Balaban J connectivity index is 2.03. The molecule has 0 aliphatic carbocycles. The predicted octanol–water partition coefficient (Wildman–Crippen LogP) is -1.23. The zero-order chi connectivity index (χ0) is 11.8. The predicted molar refractivity (Wildman–Crippen MR) is 63.7 cm³/mol. The molecule has 1 aliphatic rings. The molecular formula is C10H21NO4S. The fourth-order valence-electron chi connectivity index (χ4n) is 1.53. The summed E-state index contributed by atoms with van der Waals surface area (Å²) in [7, 11) is 0. The molecular weight excluding hydrogens is 230 g/mol. The Kier molecular flexibility index (Phi) is 7.35. The van der Waals surface area contributed by atoms with Crippen LogP contribution in [0.5, 0.6) is 0 Å². The van der Waals surface area contributed by atoms with Crippen LogP contribution in [-0.4, -0.2) is 83.4 Å². The third-order valence-corrected chi connectivity index (χ3v) is 3.64. The third-order valence-electron chi connectivity index (χ3n) is 2.40. The van der Waals surface area contributed by atoms with E-state index in [9.17, 15) is 5.11 Å². The number of hydrogen-bond acceptors (Lipinski definition) is 6. The van der Waals surface area contributed by atoms with Gasteiger partial charge in [-0.1, -0.05) is 0 Å². The molecule has 0 aromatic carbocycles. The largest absolute Gasteiger partial charge is 0.394 e. The molecule has 0 amide bonds. The minimum Gasteiger partial charge on any atom is -0.394 e. The molecule has 5 nitrogen and oxygen atoms in total. The van der Waals surface area contributed by atoms with Gasteiger partial charge in [-0.3, -0.25) is 4.90 Å². The van der Waals surface area contributed by atoms with Crippen molar-refractivity contribution in [2.45, 2.75) is 12.2 Å². The first-order valence-electron chi connectivity index (χ1n) is 5.57. The van der Waals surface area contributed by atoms with Crippen LogP contribution in [0.1, 0.15) is 0 Å². The molecule has 1 saturated heterocycles. The van der Waals surface area contributed by atoms with E-state index < -0.39 is 6.10 Å². The first-order valence-corrected chi connectivity index (χ1v) is 6.72. The molecule has 0 spiro atoms. The van der Waals surface area contributed by atoms with Crippen LogP contribution in [0.3, 0.4) is 0 Å². The standard InChI is InChI=1S/C10H21NO4S/c12-6-10(14)8-16-7-9(13)5-11-1-3-15-4-2-11/h9-10,12-14H,1-8H2. The molecule has 2 atom stereocenters. The molecule has 0 aromatic heterocycles. The molecule has 0 radical (unpaired) electrons. The van der Waals surface area contributed by atoms with Gasteiger partial charge in [0.2, 0.25) is 0 Å². The molecule has 96 valence electrons. The SMILES string of the molecule is OCC(O)CSCC(O)CN1CCOCC1. The lowest BCUT2D eigenvalue weighted by Gasteiger charge is -2.28. The maximum Gasteiger partial charge on any atom is 0.0861 e. The lowest BCUT2D eigenvalue weighted by atomic mass is 10.3. The highest BCUT2D eigenvalue weighted by molar-refractivity contribution is 7.99. The van der Waals surface area contributed by atoms with Gasteiger partial charge in [-0.2, -0.15) is 11.8 Å². The summed E-state index contributed by atoms with van der Waals surface area (Å²) in [6.07, 6.45) is -1.06. The Hall–Kier alpha value is 0.150. The van der Waals surface area contributed by atoms with Crippen molar-refractivity contribution in [3.05, 3.63) is 0 Å². The molecule has 16 heavy (non-hydrogen) atoms. The van der Waals surface area contributed by atoms with E-state index in [2.05, 4.69) is 4.90 Å². The Bertz CT molecular complexity index is 178. The van der Waals surface area contributed by atoms with Gasteiger partial charge >= 0.3 is 0 Å². The van der Waals surface area contributed by atoms with Gasteiger partial charge in [0.15, 0.2) is 0 Å². The second-order valence-electron chi connectivity index (χ2n) is 3.94. The van der Waals surface area contributed by atoms with E-state index in [4.69, 9.17) is 14.9 Å². The van der Waals surface area contributed by atoms with Crippen molar-refractivity contribution in [1.82, 2.24) is 4.90 Å². The van der Waals surface area contributed by atoms with Crippen molar-refractivity contribution in [2.24, 2.45) is 0 Å². The number of hydrogen-bond donors (Lipinski definition) is 3. The number of morpholine rings is 1. The number of rotatable bonds is 7. The molecule has 1 heterocycles. The van der Waals surface area contributed by atoms with Crippen LogP contribution in [0.15, 0.2) is 0 Å². The summed E-state index contributed by atoms with van der Waals surface area (Å²) in [4.78, 5) is 2.18. The summed E-state index contributed by atoms with van der Waals surface area (Å²) < 4.78 is 5.22. The summed E-state index contributed by atoms with van der Waals surface area (Å²) in [5.74, 6) is 1.06. The van der Waals surface area contributed by atoms with E-state index in [0.29, 0.717) is 18.1 Å². The highest BCUT2D eigenvalue weighted by Gasteiger charge is 2.15. The summed E-state index contributed by atoms with van der Waals surface area (Å²) >= 11 is 1.46. The van der Waals surface area contributed by atoms with E-state index in [-0.39, 0.29) is 12.7 Å². The van der Waals surface area contributed by atoms with Crippen LogP contribution in [0.4, 0.5) is 0 Å². The van der Waals surface area contributed by atoms with Crippen molar-refractivity contribution in [3.8, 4) is 0 Å². The van der Waals surface area contributed by atoms with Gasteiger partial charge in [0.25, 0.3) is 0 Å². The fourth-order valence-corrected chi connectivity index (χ4v) is 2.42. The Morgan fingerprint density at radius 3 is 2.38 bits per heavy atom. The second-order valence-corrected chi connectivity index (χ2v) is 5.02. The average Bonchev–Trinajstić information content (AvgIpc) is 2.30. The van der Waals surface area contributed by atoms with Gasteiger partial charge in [0.05, 0.1) is 32.0 Å². The van der Waals surface area contributed by atoms with Crippen molar-refractivity contribution in [2.75, 3.05) is 51.0 Å². The van der Waals surface area contributed by atoms with E-state index in [1.54, 1.807) is 0 Å². The van der Waals surface area contributed by atoms with E-state index in [0.717, 1.165) is 26.3 Å². The third kappa shape index (κ3) is 6.03. The summed E-state index contributed by atoms with van der Waals surface area (Å²) in [6.45, 7) is 3.67. The maximum absolute atomic E-state index is 9.74. The summed E-state index contributed by atoms with van der Waals surface area (Å²) in [6, 6.07) is 0. The van der Waals surface area contributed by atoms with Crippen LogP contribution in [0.25, 0.3) is 0 Å². The van der Waals surface area contributed by atoms with Crippen molar-refractivity contribution < 1.29 is 20.1 Å². The van der Waals surface area contributed by atoms with Gasteiger partial charge < -0.3 is 20.1 Å². The minimum absolute atomic E-state index is 0.216. The van der Waals surface area contributed by atoms with Crippen molar-refractivity contribution in [3.63, 3.8) is 0 Å². The molecule has 0 bridgehead atoms. The van der Waals surface area contributed by atoms with Crippen LogP contribution in [0.2, 0.25) is 0 Å². The summed E-state index contributed by atoms with van der Waals surface area (Å²) in [5, 5.41) is 27.5. The van der Waals surface area contributed by atoms with Crippen LogP contribution in [0, 0.1) is 0 Å². The zero-order valence-electron chi connectivity index (χ0n) is 9.42. The van der Waals surface area contributed by atoms with Gasteiger partial charge in [-0.25, -0.2) is 0 Å². The molecule has 0 aromatic rings. The van der Waals surface area contributed by atoms with E-state index in [1.165, 1.54) is 11.8 Å². The Morgan fingerprint density at radius 2 is 1.75 bits per heavy atom. The van der Waals surface area contributed by atoms with Gasteiger partial charge in [0.1, 0.15) is 0 Å². The normalized spacial score (nSPS) is 21.9. The van der Waals surface area contributed by atoms with Crippen LogP contribution < -0.4 is 0 Å². The minimum atomic E-state index is -0.680. The van der Waals surface area contributed by atoms with Crippen LogP contribution in [-0.2, 0) is 4.74 Å². The number of ether oxygens (including phenoxy) is 1. The number of β-amino-alcohol motifs (C(OH)–C–C–N with tert-alkyl or cyclic N) is 1. The average molecular weight is 251 g/mol. The van der Waals surface area contributed by atoms with Crippen LogP contribution >= 0.6 is 11.8 Å². The molecule has 6 heteroatoms. The number of aliphatic hydroxyl groups excluding tert-OH is 3. The molecule has 1 rings (SSSR count). The second kappa shape index (κ2) is 8.27. The van der Waals surface area contributed by atoms with Gasteiger partial charge in [-0.05, 0) is 0 Å². The topological polar surface area (TPSA) is 73.2 Å². The number of aliphatic hydroxyl groups is 3. The molecule has 2 unspecified atom stereocenters. The lowest BCUT2D eigenvalue weighted by molar-refractivity contribution is 0.0188. The van der Waals surface area contributed by atoms with E-state index >= 15 is 0 Å². The number of nitrogens with zero attached hydrogens (tertiary/aromatic N) is 1. The first-order chi connectivity index (χ1) is 7.72. The molecule has 1 fully saturated rings. The Morgan fingerprint density at radius 1 is 1.12 bits per heavy atom. The van der Waals surface area contributed by atoms with Gasteiger partial charge in [0, 0.05) is 31.1 Å². The smallest absolute Gasteiger partial charge is 0.0861 e. The highest BCUT2D eigenvalue weighted by atomic mass is 32.2. The van der Waals surface area contributed by atoms with Crippen molar-refractivity contribution in [1.29, 1.82) is 0 Å². The quantitative estimate of drug-likeness (QED) is 0.526. The zero-order valence-corrected chi connectivity index (χ0v) is 10.2. The molecule has 0 saturated carbocycles. The van der Waals surface area contributed by atoms with Gasteiger partial charge in [-0.15, -0.1) is 0 Å². The first kappa shape index (κ1) is 14.2. The monoisotopic (exact) mass is 251 g/mol. The lowest BCUT2D eigenvalue weighted by Crippen LogP contribution is -2.41. The summed E-state index contributed by atoms with van der Waals surface area (Å²) in [5.41, 5.74) is 0. The fraction of sp³-hybridized carbons (Fsp3) is 1.00. The Labute approximate surface area is 100 Å². The highest BCUT2D eigenvalue weighted by Crippen LogP contribution is 2.07. The van der Waals surface area contributed by atoms with E-state index in [1.807, 2.05) is 0 Å². The maximum atomic E-state index is 9.74. The number of thioether (sulfide) groups is 1. The molecule has 1 aliphatic heterocycles. The van der Waals surface area contributed by atoms with Crippen molar-refractivity contribution >= 4 is 11.8 Å². The molecule has 3 N–H and O–H groups in total.